The molecular weight excluding hydrogens is 375 g/mol. The number of benzene rings is 2. The van der Waals surface area contributed by atoms with Crippen molar-refractivity contribution in [3.63, 3.8) is 0 Å². The predicted molar refractivity (Wildman–Crippen MR) is 124 cm³/mol. The molecule has 0 spiro atoms. The third kappa shape index (κ3) is 4.38. The van der Waals surface area contributed by atoms with Gasteiger partial charge in [0.25, 0.3) is 0 Å². The first-order valence-electron chi connectivity index (χ1n) is 11.0. The Balaban J connectivity index is 2.13. The molecule has 2 nitrogen and oxygen atoms in total. The van der Waals surface area contributed by atoms with Gasteiger partial charge in [-0.1, -0.05) is 62.6 Å². The summed E-state index contributed by atoms with van der Waals surface area (Å²) in [7, 11) is -1.40. The van der Waals surface area contributed by atoms with E-state index in [-0.39, 0.29) is 16.7 Å². The summed E-state index contributed by atoms with van der Waals surface area (Å²) in [4.78, 5) is 27.9. The lowest BCUT2D eigenvalue weighted by Crippen LogP contribution is -2.19. The fourth-order valence-electron chi connectivity index (χ4n) is 4.86. The minimum atomic E-state index is -1.40. The van der Waals surface area contributed by atoms with Crippen molar-refractivity contribution in [1.82, 2.24) is 0 Å². The van der Waals surface area contributed by atoms with Crippen LogP contribution in [0.4, 0.5) is 0 Å². The zero-order chi connectivity index (χ0) is 21.1. The standard InChI is InChI=1S/C26H33O2P/c1-6-20-11-10-12-21(7-2)24(20)26(28)29(22-13-8-9-14-22)25(27)23-18(4)15-17(3)16-19(23)5/h10-12,15-16,22H,6-9,13-14H2,1-5H3. The highest BCUT2D eigenvalue weighted by Crippen LogP contribution is 2.54. The molecule has 2 aromatic carbocycles. The van der Waals surface area contributed by atoms with Crippen LogP contribution in [0.5, 0.6) is 0 Å². The Labute approximate surface area is 176 Å². The van der Waals surface area contributed by atoms with Crippen molar-refractivity contribution < 1.29 is 9.59 Å². The molecule has 3 rings (SSSR count). The van der Waals surface area contributed by atoms with Crippen LogP contribution in [0.25, 0.3) is 0 Å². The molecule has 0 radical (unpaired) electrons. The molecular formula is C26H33O2P. The van der Waals surface area contributed by atoms with Gasteiger partial charge in [-0.25, -0.2) is 0 Å². The number of hydrogen-bond acceptors (Lipinski definition) is 2. The van der Waals surface area contributed by atoms with E-state index in [9.17, 15) is 9.59 Å². The molecule has 154 valence electrons. The van der Waals surface area contributed by atoms with Crippen molar-refractivity contribution in [3.05, 3.63) is 69.3 Å². The molecule has 0 saturated heterocycles. The SMILES string of the molecule is CCc1cccc(CC)c1C(=O)P(C(=O)c1c(C)cc(C)cc1C)C1CCCC1. The normalized spacial score (nSPS) is 15.5. The molecule has 3 heteroatoms. The Hall–Kier alpha value is -1.79. The third-order valence-electron chi connectivity index (χ3n) is 6.23. The zero-order valence-corrected chi connectivity index (χ0v) is 19.4. The lowest BCUT2D eigenvalue weighted by Gasteiger charge is -2.25. The van der Waals surface area contributed by atoms with E-state index in [1.54, 1.807) is 0 Å². The molecule has 0 N–H and O–H groups in total. The van der Waals surface area contributed by atoms with E-state index in [4.69, 9.17) is 0 Å². The summed E-state index contributed by atoms with van der Waals surface area (Å²) in [6.07, 6.45) is 5.91. The number of aryl methyl sites for hydroxylation is 5. The molecule has 0 aromatic heterocycles. The maximum absolute atomic E-state index is 14.0. The third-order valence-corrected chi connectivity index (χ3v) is 8.80. The summed E-state index contributed by atoms with van der Waals surface area (Å²) < 4.78 is 0. The zero-order valence-electron chi connectivity index (χ0n) is 18.5. The van der Waals surface area contributed by atoms with Crippen LogP contribution in [0.2, 0.25) is 0 Å². The molecule has 29 heavy (non-hydrogen) atoms. The number of rotatable bonds is 7. The van der Waals surface area contributed by atoms with Crippen LogP contribution in [0.3, 0.4) is 0 Å². The quantitative estimate of drug-likeness (QED) is 0.456. The lowest BCUT2D eigenvalue weighted by molar-refractivity contribution is 0.104. The van der Waals surface area contributed by atoms with Crippen molar-refractivity contribution in [1.29, 1.82) is 0 Å². The fraction of sp³-hybridized carbons (Fsp3) is 0.462. The molecule has 0 heterocycles. The van der Waals surface area contributed by atoms with Gasteiger partial charge in [-0.15, -0.1) is 0 Å². The lowest BCUT2D eigenvalue weighted by atomic mass is 9.98. The van der Waals surface area contributed by atoms with Gasteiger partial charge in [-0.2, -0.15) is 0 Å². The van der Waals surface area contributed by atoms with Gasteiger partial charge in [0.05, 0.1) is 0 Å². The molecule has 1 aliphatic rings. The van der Waals surface area contributed by atoms with Gasteiger partial charge in [0.1, 0.15) is 0 Å². The van der Waals surface area contributed by atoms with Gasteiger partial charge in [0.15, 0.2) is 11.0 Å². The van der Waals surface area contributed by atoms with Crippen LogP contribution in [0.15, 0.2) is 30.3 Å². The average molecular weight is 409 g/mol. The van der Waals surface area contributed by atoms with Crippen LogP contribution in [-0.4, -0.2) is 16.7 Å². The highest BCUT2D eigenvalue weighted by atomic mass is 31.1. The van der Waals surface area contributed by atoms with E-state index in [0.29, 0.717) is 0 Å². The van der Waals surface area contributed by atoms with Crippen molar-refractivity contribution in [2.75, 3.05) is 0 Å². The van der Waals surface area contributed by atoms with Crippen molar-refractivity contribution >= 4 is 19.0 Å². The second-order valence-corrected chi connectivity index (χ2v) is 10.6. The molecule has 1 atom stereocenters. The van der Waals surface area contributed by atoms with Gasteiger partial charge >= 0.3 is 0 Å². The number of carbonyl (C=O) groups excluding carboxylic acids is 2. The Morgan fingerprint density at radius 3 is 1.83 bits per heavy atom. The largest absolute Gasteiger partial charge is 0.289 e. The molecule has 1 aliphatic carbocycles. The van der Waals surface area contributed by atoms with Gasteiger partial charge in [-0.3, -0.25) is 9.59 Å². The minimum Gasteiger partial charge on any atom is -0.289 e. The molecule has 0 bridgehead atoms. The smallest absolute Gasteiger partial charge is 0.192 e. The molecule has 1 saturated carbocycles. The summed E-state index contributed by atoms with van der Waals surface area (Å²) >= 11 is 0. The summed E-state index contributed by atoms with van der Waals surface area (Å²) in [5.41, 5.74) is 7.41. The monoisotopic (exact) mass is 408 g/mol. The number of carbonyl (C=O) groups is 2. The highest BCUT2D eigenvalue weighted by molar-refractivity contribution is 7.90. The van der Waals surface area contributed by atoms with Gasteiger partial charge < -0.3 is 0 Å². The summed E-state index contributed by atoms with van der Waals surface area (Å²) in [5.74, 6) is 0. The molecule has 1 fully saturated rings. The van der Waals surface area contributed by atoms with Crippen LogP contribution in [0.1, 0.15) is 88.1 Å². The van der Waals surface area contributed by atoms with Crippen molar-refractivity contribution in [2.24, 2.45) is 0 Å². The van der Waals surface area contributed by atoms with E-state index in [0.717, 1.165) is 77.5 Å². The van der Waals surface area contributed by atoms with Gasteiger partial charge in [-0.05, 0) is 74.4 Å². The first-order valence-corrected chi connectivity index (χ1v) is 12.4. The highest BCUT2D eigenvalue weighted by Gasteiger charge is 2.39. The van der Waals surface area contributed by atoms with E-state index in [1.807, 2.05) is 19.9 Å². The van der Waals surface area contributed by atoms with Crippen molar-refractivity contribution in [2.45, 2.75) is 78.8 Å². The van der Waals surface area contributed by atoms with Crippen LogP contribution in [0, 0.1) is 20.8 Å². The Morgan fingerprint density at radius 2 is 1.34 bits per heavy atom. The average Bonchev–Trinajstić information content (AvgIpc) is 3.20. The summed E-state index contributed by atoms with van der Waals surface area (Å²) in [6.45, 7) is 10.3. The molecule has 1 unspecified atom stereocenters. The Morgan fingerprint density at radius 1 is 0.862 bits per heavy atom. The van der Waals surface area contributed by atoms with E-state index < -0.39 is 7.92 Å². The maximum atomic E-state index is 14.0. The first-order chi connectivity index (χ1) is 13.9. The summed E-state index contributed by atoms with van der Waals surface area (Å²) in [6, 6.07) is 10.3. The van der Waals surface area contributed by atoms with Gasteiger partial charge in [0.2, 0.25) is 0 Å². The molecule has 2 aromatic rings. The van der Waals surface area contributed by atoms with Crippen molar-refractivity contribution in [3.8, 4) is 0 Å². The summed E-state index contributed by atoms with van der Waals surface area (Å²) in [5, 5.41) is 0. The maximum Gasteiger partial charge on any atom is 0.192 e. The first kappa shape index (κ1) is 21.9. The molecule has 0 aliphatic heterocycles. The van der Waals surface area contributed by atoms with Gasteiger partial charge in [0, 0.05) is 19.0 Å². The minimum absolute atomic E-state index is 0.0971. The number of hydrogen-bond donors (Lipinski definition) is 0. The Bertz CT molecular complexity index is 877. The van der Waals surface area contributed by atoms with E-state index in [1.165, 1.54) is 0 Å². The second kappa shape index (κ2) is 9.35. The topological polar surface area (TPSA) is 34.1 Å². The van der Waals surface area contributed by atoms with E-state index in [2.05, 4.69) is 45.0 Å². The van der Waals surface area contributed by atoms with E-state index >= 15 is 0 Å². The fourth-order valence-corrected chi connectivity index (χ4v) is 7.71. The van der Waals surface area contributed by atoms with Crippen LogP contribution in [-0.2, 0) is 12.8 Å². The van der Waals surface area contributed by atoms with Crippen LogP contribution >= 0.6 is 7.92 Å². The second-order valence-electron chi connectivity index (χ2n) is 8.35. The Kier molecular flexibility index (Phi) is 7.06. The molecule has 0 amide bonds. The predicted octanol–water partition coefficient (Wildman–Crippen LogP) is 7.14. The van der Waals surface area contributed by atoms with Crippen LogP contribution < -0.4 is 0 Å².